The van der Waals surface area contributed by atoms with E-state index in [9.17, 15) is 10.2 Å². The molecule has 5 heteroatoms. The second-order valence-electron chi connectivity index (χ2n) is 5.35. The molecule has 0 aliphatic rings. The van der Waals surface area contributed by atoms with Gasteiger partial charge in [0.1, 0.15) is 5.75 Å². The highest BCUT2D eigenvalue weighted by molar-refractivity contribution is 5.28. The Bertz CT molecular complexity index is 595. The number of rotatable bonds is 6. The number of aliphatic hydroxyl groups is 1. The van der Waals surface area contributed by atoms with Crippen LogP contribution in [0.4, 0.5) is 0 Å². The van der Waals surface area contributed by atoms with Gasteiger partial charge in [-0.25, -0.2) is 0 Å². The van der Waals surface area contributed by atoms with Crippen molar-refractivity contribution in [2.75, 3.05) is 13.1 Å². The summed E-state index contributed by atoms with van der Waals surface area (Å²) >= 11 is 0. The van der Waals surface area contributed by atoms with Crippen molar-refractivity contribution >= 4 is 0 Å². The van der Waals surface area contributed by atoms with Crippen molar-refractivity contribution < 1.29 is 10.2 Å². The Hall–Kier alpha value is -1.85. The van der Waals surface area contributed by atoms with Crippen LogP contribution in [0.2, 0.25) is 0 Å². The third-order valence-corrected chi connectivity index (χ3v) is 3.64. The van der Waals surface area contributed by atoms with Gasteiger partial charge in [0.25, 0.3) is 0 Å². The molecular formula is C16H23N3O2. The number of nitrogens with zero attached hydrogens (tertiary/aromatic N) is 3. The molecule has 1 heterocycles. The maximum Gasteiger partial charge on any atom is 0.115 e. The molecule has 0 aliphatic carbocycles. The lowest BCUT2D eigenvalue weighted by Gasteiger charge is -2.23. The van der Waals surface area contributed by atoms with Gasteiger partial charge in [0.05, 0.1) is 11.8 Å². The predicted molar refractivity (Wildman–Crippen MR) is 82.0 cm³/mol. The van der Waals surface area contributed by atoms with Crippen LogP contribution in [0.3, 0.4) is 0 Å². The summed E-state index contributed by atoms with van der Waals surface area (Å²) in [4.78, 5) is 2.17. The van der Waals surface area contributed by atoms with E-state index in [1.54, 1.807) is 18.2 Å². The maximum atomic E-state index is 10.3. The monoisotopic (exact) mass is 289 g/mol. The number of hydrogen-bond donors (Lipinski definition) is 2. The molecule has 0 saturated carbocycles. The molecule has 0 spiro atoms. The van der Waals surface area contributed by atoms with Crippen molar-refractivity contribution in [1.29, 1.82) is 0 Å². The first-order valence-electron chi connectivity index (χ1n) is 7.18. The molecule has 2 N–H and O–H groups in total. The lowest BCUT2D eigenvalue weighted by atomic mass is 10.1. The van der Waals surface area contributed by atoms with E-state index in [0.29, 0.717) is 6.54 Å². The van der Waals surface area contributed by atoms with Crippen LogP contribution in [-0.4, -0.2) is 38.0 Å². The van der Waals surface area contributed by atoms with Crippen molar-refractivity contribution in [1.82, 2.24) is 14.7 Å². The highest BCUT2D eigenvalue weighted by Crippen LogP contribution is 2.20. The van der Waals surface area contributed by atoms with Crippen molar-refractivity contribution in [2.24, 2.45) is 7.05 Å². The number of aliphatic hydroxyl groups excluding tert-OH is 1. The van der Waals surface area contributed by atoms with Gasteiger partial charge in [-0.05, 0) is 31.2 Å². The quantitative estimate of drug-likeness (QED) is 0.854. The molecule has 2 aromatic rings. The number of benzene rings is 1. The second-order valence-corrected chi connectivity index (χ2v) is 5.35. The van der Waals surface area contributed by atoms with Gasteiger partial charge in [-0.15, -0.1) is 0 Å². The van der Waals surface area contributed by atoms with E-state index in [2.05, 4.69) is 16.9 Å². The predicted octanol–water partition coefficient (Wildman–Crippen LogP) is 1.99. The molecule has 0 saturated heterocycles. The molecular weight excluding hydrogens is 266 g/mol. The Labute approximate surface area is 125 Å². The van der Waals surface area contributed by atoms with Gasteiger partial charge in [0.2, 0.25) is 0 Å². The minimum atomic E-state index is -0.617. The highest BCUT2D eigenvalue weighted by atomic mass is 16.3. The van der Waals surface area contributed by atoms with Gasteiger partial charge >= 0.3 is 0 Å². The van der Waals surface area contributed by atoms with E-state index in [1.807, 2.05) is 30.9 Å². The molecule has 0 bridgehead atoms. The fourth-order valence-electron chi connectivity index (χ4n) is 2.43. The van der Waals surface area contributed by atoms with Crippen molar-refractivity contribution in [3.8, 4) is 5.75 Å². The molecule has 0 aliphatic heterocycles. The average molecular weight is 289 g/mol. The van der Waals surface area contributed by atoms with Gasteiger partial charge in [-0.1, -0.05) is 19.1 Å². The van der Waals surface area contributed by atoms with Crippen LogP contribution in [0, 0.1) is 6.92 Å². The maximum absolute atomic E-state index is 10.3. The lowest BCUT2D eigenvalue weighted by Crippen LogP contribution is -2.28. The van der Waals surface area contributed by atoms with Gasteiger partial charge in [0, 0.05) is 31.9 Å². The molecule has 114 valence electrons. The third kappa shape index (κ3) is 4.06. The molecule has 1 aromatic heterocycles. The normalized spacial score (nSPS) is 12.8. The van der Waals surface area contributed by atoms with Crippen molar-refractivity contribution in [3.63, 3.8) is 0 Å². The van der Waals surface area contributed by atoms with E-state index in [1.165, 1.54) is 5.56 Å². The molecule has 5 nitrogen and oxygen atoms in total. The summed E-state index contributed by atoms with van der Waals surface area (Å²) in [6.45, 7) is 6.18. The summed E-state index contributed by atoms with van der Waals surface area (Å²) < 4.78 is 1.81. The first-order valence-corrected chi connectivity index (χ1v) is 7.18. The average Bonchev–Trinajstić information content (AvgIpc) is 2.76. The van der Waals surface area contributed by atoms with Crippen molar-refractivity contribution in [3.05, 3.63) is 47.3 Å². The molecule has 0 fully saturated rings. The van der Waals surface area contributed by atoms with Crippen LogP contribution in [0.1, 0.15) is 29.8 Å². The van der Waals surface area contributed by atoms with Crippen LogP contribution >= 0.6 is 0 Å². The van der Waals surface area contributed by atoms with Gasteiger partial charge < -0.3 is 10.2 Å². The van der Waals surface area contributed by atoms with E-state index >= 15 is 0 Å². The lowest BCUT2D eigenvalue weighted by molar-refractivity contribution is 0.112. The Morgan fingerprint density at radius 2 is 2.14 bits per heavy atom. The van der Waals surface area contributed by atoms with E-state index in [0.717, 1.165) is 24.3 Å². The zero-order valence-corrected chi connectivity index (χ0v) is 12.8. The summed E-state index contributed by atoms with van der Waals surface area (Å²) in [5.74, 6) is 0.178. The standard InChI is InChI=1S/C16H23N3O2/c1-4-19(10-14-9-18(3)17-12(14)2)11-16(21)13-6-5-7-15(20)8-13/h5-9,16,20-21H,4,10-11H2,1-3H3/t16-/m0/s1. The summed E-state index contributed by atoms with van der Waals surface area (Å²) in [6.07, 6.45) is 1.40. The van der Waals surface area contributed by atoms with Crippen molar-refractivity contribution in [2.45, 2.75) is 26.5 Å². The van der Waals surface area contributed by atoms with Crippen LogP contribution in [0.25, 0.3) is 0 Å². The molecule has 0 amide bonds. The number of likely N-dealkylation sites (N-methyl/N-ethyl adjacent to an activating group) is 1. The van der Waals surface area contributed by atoms with Gasteiger partial charge in [-0.2, -0.15) is 5.10 Å². The van der Waals surface area contributed by atoms with E-state index in [4.69, 9.17) is 0 Å². The third-order valence-electron chi connectivity index (χ3n) is 3.64. The number of aromatic nitrogens is 2. The fraction of sp³-hybridized carbons (Fsp3) is 0.438. The molecule has 2 rings (SSSR count). The molecule has 21 heavy (non-hydrogen) atoms. The summed E-state index contributed by atoms with van der Waals surface area (Å²) in [6, 6.07) is 6.78. The van der Waals surface area contributed by atoms with Gasteiger partial charge in [0.15, 0.2) is 0 Å². The molecule has 1 atom stereocenters. The number of phenolic OH excluding ortho intramolecular Hbond substituents is 1. The van der Waals surface area contributed by atoms with E-state index < -0.39 is 6.10 Å². The topological polar surface area (TPSA) is 61.5 Å². The zero-order valence-electron chi connectivity index (χ0n) is 12.8. The minimum Gasteiger partial charge on any atom is -0.508 e. The number of aryl methyl sites for hydroxylation is 2. The zero-order chi connectivity index (χ0) is 15.4. The largest absolute Gasteiger partial charge is 0.508 e. The highest BCUT2D eigenvalue weighted by Gasteiger charge is 2.15. The number of phenols is 1. The molecule has 0 unspecified atom stereocenters. The Morgan fingerprint density at radius 1 is 1.38 bits per heavy atom. The van der Waals surface area contributed by atoms with Crippen LogP contribution in [-0.2, 0) is 13.6 Å². The van der Waals surface area contributed by atoms with Gasteiger partial charge in [-0.3, -0.25) is 9.58 Å². The summed E-state index contributed by atoms with van der Waals surface area (Å²) in [5, 5.41) is 24.2. The minimum absolute atomic E-state index is 0.178. The van der Waals surface area contributed by atoms with Crippen LogP contribution in [0.5, 0.6) is 5.75 Å². The Morgan fingerprint density at radius 3 is 2.71 bits per heavy atom. The fourth-order valence-corrected chi connectivity index (χ4v) is 2.43. The first-order chi connectivity index (χ1) is 9.99. The Balaban J connectivity index is 2.03. The Kier molecular flexibility index (Phi) is 4.98. The molecule has 1 aromatic carbocycles. The SMILES string of the molecule is CCN(Cc1cn(C)nc1C)C[C@H](O)c1cccc(O)c1. The van der Waals surface area contributed by atoms with Crippen LogP contribution < -0.4 is 0 Å². The number of aromatic hydroxyl groups is 1. The van der Waals surface area contributed by atoms with E-state index in [-0.39, 0.29) is 5.75 Å². The van der Waals surface area contributed by atoms with Crippen LogP contribution in [0.15, 0.2) is 30.5 Å². The summed E-state index contributed by atoms with van der Waals surface area (Å²) in [5.41, 5.74) is 2.92. The first kappa shape index (κ1) is 15.5. The molecule has 0 radical (unpaired) electrons. The number of hydrogen-bond acceptors (Lipinski definition) is 4. The summed E-state index contributed by atoms with van der Waals surface area (Å²) in [7, 11) is 1.91. The second kappa shape index (κ2) is 6.74. The smallest absolute Gasteiger partial charge is 0.115 e.